The van der Waals surface area contributed by atoms with Gasteiger partial charge in [0.1, 0.15) is 0 Å². The van der Waals surface area contributed by atoms with Crippen molar-refractivity contribution in [2.75, 3.05) is 25.5 Å². The lowest BCUT2D eigenvalue weighted by molar-refractivity contribution is -0.130. The van der Waals surface area contributed by atoms with Crippen LogP contribution in [-0.4, -0.2) is 42.2 Å². The Balaban J connectivity index is 3.81. The van der Waals surface area contributed by atoms with Crippen LogP contribution < -0.4 is 5.32 Å². The predicted molar refractivity (Wildman–Crippen MR) is 65.4 cm³/mol. The molecule has 0 aromatic heterocycles. The number of nitrogens with one attached hydrogen (secondary N) is 1. The molecule has 0 rings (SSSR count). The normalized spacial score (nSPS) is 12.0. The summed E-state index contributed by atoms with van der Waals surface area (Å²) in [5.74, 6) is 0.0759. The Hall–Kier alpha value is -0.770. The van der Waals surface area contributed by atoms with Crippen molar-refractivity contribution < 1.29 is 9.59 Å². The van der Waals surface area contributed by atoms with Crippen molar-refractivity contribution in [2.24, 2.45) is 5.92 Å². The number of halogens is 1. The maximum Gasteiger partial charge on any atom is 0.224 e. The third kappa shape index (κ3) is 5.35. The number of amides is 2. The molecule has 1 N–H and O–H groups in total. The summed E-state index contributed by atoms with van der Waals surface area (Å²) in [5.41, 5.74) is 0. The van der Waals surface area contributed by atoms with Gasteiger partial charge in [-0.25, -0.2) is 0 Å². The van der Waals surface area contributed by atoms with E-state index in [1.807, 2.05) is 13.8 Å². The first kappa shape index (κ1) is 15.2. The van der Waals surface area contributed by atoms with Gasteiger partial charge in [-0.15, -0.1) is 11.6 Å². The maximum absolute atomic E-state index is 11.6. The molecule has 0 heterocycles. The first-order chi connectivity index (χ1) is 7.56. The second-order valence-electron chi connectivity index (χ2n) is 3.66. The summed E-state index contributed by atoms with van der Waals surface area (Å²) in [6.07, 6.45) is 0.350. The molecule has 0 saturated heterocycles. The monoisotopic (exact) mass is 248 g/mol. The van der Waals surface area contributed by atoms with Gasteiger partial charge in [-0.3, -0.25) is 9.59 Å². The molecular weight excluding hydrogens is 228 g/mol. The first-order valence-corrected chi connectivity index (χ1v) is 6.21. The minimum Gasteiger partial charge on any atom is -0.355 e. The zero-order chi connectivity index (χ0) is 12.6. The highest BCUT2D eigenvalue weighted by molar-refractivity contribution is 6.19. The number of carbonyl (C=O) groups is 2. The summed E-state index contributed by atoms with van der Waals surface area (Å²) in [5, 5.41) is 2.70. The average molecular weight is 249 g/mol. The largest absolute Gasteiger partial charge is 0.355 e. The summed E-state index contributed by atoms with van der Waals surface area (Å²) in [6, 6.07) is 0. The fourth-order valence-corrected chi connectivity index (χ4v) is 1.41. The smallest absolute Gasteiger partial charge is 0.224 e. The third-order valence-electron chi connectivity index (χ3n) is 2.43. The van der Waals surface area contributed by atoms with Gasteiger partial charge in [-0.1, -0.05) is 6.92 Å². The van der Waals surface area contributed by atoms with Crippen molar-refractivity contribution in [3.05, 3.63) is 0 Å². The van der Waals surface area contributed by atoms with Crippen molar-refractivity contribution in [2.45, 2.75) is 27.2 Å². The second kappa shape index (κ2) is 8.39. The molecule has 1 atom stereocenters. The topological polar surface area (TPSA) is 49.4 Å². The SMILES string of the molecule is CCN(CC)C(=O)CCNC(=O)C(C)CCl. The number of rotatable bonds is 7. The lowest BCUT2D eigenvalue weighted by Crippen LogP contribution is -2.36. The molecule has 0 spiro atoms. The van der Waals surface area contributed by atoms with E-state index in [2.05, 4.69) is 5.32 Å². The summed E-state index contributed by atoms with van der Waals surface area (Å²) >= 11 is 5.55. The van der Waals surface area contributed by atoms with Gasteiger partial charge in [0.2, 0.25) is 11.8 Å². The van der Waals surface area contributed by atoms with E-state index in [-0.39, 0.29) is 17.7 Å². The van der Waals surface area contributed by atoms with Gasteiger partial charge in [0.05, 0.1) is 0 Å². The highest BCUT2D eigenvalue weighted by atomic mass is 35.5. The highest BCUT2D eigenvalue weighted by Crippen LogP contribution is 1.98. The van der Waals surface area contributed by atoms with E-state index in [0.717, 1.165) is 0 Å². The van der Waals surface area contributed by atoms with Gasteiger partial charge < -0.3 is 10.2 Å². The number of carbonyl (C=O) groups excluding carboxylic acids is 2. The minimum absolute atomic E-state index is 0.0730. The van der Waals surface area contributed by atoms with Crippen LogP contribution in [0.15, 0.2) is 0 Å². The van der Waals surface area contributed by atoms with Crippen LogP contribution >= 0.6 is 11.6 Å². The number of nitrogens with zero attached hydrogens (tertiary/aromatic N) is 1. The molecule has 0 radical (unpaired) electrons. The summed E-state index contributed by atoms with van der Waals surface area (Å²) in [4.78, 5) is 24.7. The Kier molecular flexibility index (Phi) is 7.99. The standard InChI is InChI=1S/C11H21ClN2O2/c1-4-14(5-2)10(15)6-7-13-11(16)9(3)8-12/h9H,4-8H2,1-3H3,(H,13,16). The molecule has 94 valence electrons. The van der Waals surface area contributed by atoms with Crippen LogP contribution in [0.25, 0.3) is 0 Å². The lowest BCUT2D eigenvalue weighted by atomic mass is 10.2. The fraction of sp³-hybridized carbons (Fsp3) is 0.818. The van der Waals surface area contributed by atoms with Crippen molar-refractivity contribution in [1.29, 1.82) is 0 Å². The molecule has 1 unspecified atom stereocenters. The Bertz CT molecular complexity index is 230. The molecule has 0 bridgehead atoms. The first-order valence-electron chi connectivity index (χ1n) is 5.68. The summed E-state index contributed by atoms with van der Waals surface area (Å²) < 4.78 is 0. The van der Waals surface area contributed by atoms with Crippen LogP contribution in [0.4, 0.5) is 0 Å². The zero-order valence-corrected chi connectivity index (χ0v) is 11.0. The van der Waals surface area contributed by atoms with Gasteiger partial charge in [0.25, 0.3) is 0 Å². The van der Waals surface area contributed by atoms with E-state index in [4.69, 9.17) is 11.6 Å². The Labute approximate surface area is 102 Å². The Morgan fingerprint density at radius 1 is 1.31 bits per heavy atom. The van der Waals surface area contributed by atoms with Gasteiger partial charge in [0, 0.05) is 37.9 Å². The van der Waals surface area contributed by atoms with E-state index in [0.29, 0.717) is 31.9 Å². The lowest BCUT2D eigenvalue weighted by Gasteiger charge is -2.18. The Morgan fingerprint density at radius 3 is 2.31 bits per heavy atom. The predicted octanol–water partition coefficient (Wildman–Crippen LogP) is 1.24. The van der Waals surface area contributed by atoms with E-state index >= 15 is 0 Å². The van der Waals surface area contributed by atoms with E-state index in [1.54, 1.807) is 11.8 Å². The quantitative estimate of drug-likeness (QED) is 0.689. The van der Waals surface area contributed by atoms with Crippen molar-refractivity contribution in [3.8, 4) is 0 Å². The summed E-state index contributed by atoms with van der Waals surface area (Å²) in [6.45, 7) is 7.44. The molecule has 4 nitrogen and oxygen atoms in total. The van der Waals surface area contributed by atoms with Crippen LogP contribution in [-0.2, 0) is 9.59 Å². The second-order valence-corrected chi connectivity index (χ2v) is 3.97. The van der Waals surface area contributed by atoms with Crippen molar-refractivity contribution in [3.63, 3.8) is 0 Å². The van der Waals surface area contributed by atoms with Gasteiger partial charge in [-0.2, -0.15) is 0 Å². The molecule has 0 saturated carbocycles. The molecule has 0 aliphatic rings. The van der Waals surface area contributed by atoms with Crippen LogP contribution in [0.2, 0.25) is 0 Å². The van der Waals surface area contributed by atoms with E-state index in [9.17, 15) is 9.59 Å². The summed E-state index contributed by atoms with van der Waals surface area (Å²) in [7, 11) is 0. The zero-order valence-electron chi connectivity index (χ0n) is 10.3. The number of alkyl halides is 1. The van der Waals surface area contributed by atoms with Crippen molar-refractivity contribution in [1.82, 2.24) is 10.2 Å². The molecule has 5 heteroatoms. The average Bonchev–Trinajstić information content (AvgIpc) is 2.29. The molecule has 0 aromatic carbocycles. The van der Waals surface area contributed by atoms with Crippen LogP contribution in [0.5, 0.6) is 0 Å². The third-order valence-corrected chi connectivity index (χ3v) is 2.90. The number of hydrogen-bond acceptors (Lipinski definition) is 2. The Morgan fingerprint density at radius 2 is 1.88 bits per heavy atom. The van der Waals surface area contributed by atoms with Gasteiger partial charge in [-0.05, 0) is 13.8 Å². The maximum atomic E-state index is 11.6. The fourth-order valence-electron chi connectivity index (χ4n) is 1.27. The highest BCUT2D eigenvalue weighted by Gasteiger charge is 2.13. The molecule has 2 amide bonds. The molecule has 0 aliphatic heterocycles. The van der Waals surface area contributed by atoms with E-state index < -0.39 is 0 Å². The van der Waals surface area contributed by atoms with Crippen LogP contribution in [0.1, 0.15) is 27.2 Å². The molecule has 0 aromatic rings. The molecule has 0 aliphatic carbocycles. The van der Waals surface area contributed by atoms with Gasteiger partial charge in [0.15, 0.2) is 0 Å². The van der Waals surface area contributed by atoms with Crippen LogP contribution in [0, 0.1) is 5.92 Å². The molecule has 16 heavy (non-hydrogen) atoms. The molecular formula is C11H21ClN2O2. The minimum atomic E-state index is -0.203. The van der Waals surface area contributed by atoms with Crippen molar-refractivity contribution >= 4 is 23.4 Å². The number of hydrogen-bond donors (Lipinski definition) is 1. The van der Waals surface area contributed by atoms with Gasteiger partial charge >= 0.3 is 0 Å². The van der Waals surface area contributed by atoms with E-state index in [1.165, 1.54) is 0 Å². The van der Waals surface area contributed by atoms with Crippen LogP contribution in [0.3, 0.4) is 0 Å². The molecule has 0 fully saturated rings.